The molecule has 0 radical (unpaired) electrons. The van der Waals surface area contributed by atoms with E-state index in [0.29, 0.717) is 22.5 Å². The second-order valence-electron chi connectivity index (χ2n) is 3.62. The Morgan fingerprint density at radius 3 is 3.00 bits per heavy atom. The van der Waals surface area contributed by atoms with Crippen LogP contribution in [-0.4, -0.2) is 22.7 Å². The van der Waals surface area contributed by atoms with Crippen molar-refractivity contribution >= 4 is 21.9 Å². The van der Waals surface area contributed by atoms with Gasteiger partial charge in [0, 0.05) is 5.56 Å². The van der Waals surface area contributed by atoms with Crippen LogP contribution in [0, 0.1) is 5.82 Å². The average Bonchev–Trinajstić information content (AvgIpc) is 2.81. The van der Waals surface area contributed by atoms with Crippen molar-refractivity contribution in [2.24, 2.45) is 0 Å². The normalized spacial score (nSPS) is 10.5. The number of ether oxygens (including phenoxy) is 1. The number of nitrogens with zero attached hydrogens (tertiary/aromatic N) is 2. The quantitative estimate of drug-likeness (QED) is 0.807. The summed E-state index contributed by atoms with van der Waals surface area (Å²) in [5, 5.41) is 3.73. The molecule has 2 rings (SSSR count). The van der Waals surface area contributed by atoms with Gasteiger partial charge in [-0.25, -0.2) is 4.39 Å². The molecule has 0 aliphatic carbocycles. The van der Waals surface area contributed by atoms with E-state index in [9.17, 15) is 9.18 Å². The molecule has 0 aliphatic rings. The lowest BCUT2D eigenvalue weighted by Crippen LogP contribution is -2.07. The molecule has 0 amide bonds. The Morgan fingerprint density at radius 1 is 1.53 bits per heavy atom. The molecular weight excluding hydrogens is 319 g/mol. The Bertz CT molecular complexity index is 600. The highest BCUT2D eigenvalue weighted by Gasteiger charge is 2.14. The highest BCUT2D eigenvalue weighted by atomic mass is 79.9. The lowest BCUT2D eigenvalue weighted by Gasteiger charge is -1.97. The summed E-state index contributed by atoms with van der Waals surface area (Å²) in [5.74, 6) is -0.356. The summed E-state index contributed by atoms with van der Waals surface area (Å²) in [7, 11) is 0. The first kappa shape index (κ1) is 13.7. The molecule has 0 atom stereocenters. The molecular formula is C12H10BrFN2O3. The van der Waals surface area contributed by atoms with Gasteiger partial charge in [-0.05, 0) is 41.1 Å². The van der Waals surface area contributed by atoms with Crippen LogP contribution >= 0.6 is 15.9 Å². The number of benzene rings is 1. The SMILES string of the molecule is CCOC(=O)Cc1nc(-c2ccc(F)c(Br)c2)no1. The van der Waals surface area contributed by atoms with Gasteiger partial charge in [0.1, 0.15) is 12.2 Å². The average molecular weight is 329 g/mol. The van der Waals surface area contributed by atoms with Gasteiger partial charge in [0.15, 0.2) is 0 Å². The topological polar surface area (TPSA) is 65.2 Å². The smallest absolute Gasteiger partial charge is 0.315 e. The summed E-state index contributed by atoms with van der Waals surface area (Å²) in [6.07, 6.45) is -0.0802. The minimum absolute atomic E-state index is 0.0802. The van der Waals surface area contributed by atoms with E-state index in [1.54, 1.807) is 6.92 Å². The van der Waals surface area contributed by atoms with E-state index in [4.69, 9.17) is 9.26 Å². The lowest BCUT2D eigenvalue weighted by atomic mass is 10.2. The van der Waals surface area contributed by atoms with Gasteiger partial charge >= 0.3 is 5.97 Å². The fourth-order valence-corrected chi connectivity index (χ4v) is 1.79. The molecule has 7 heteroatoms. The number of carbonyl (C=O) groups excluding carboxylic acids is 1. The maximum atomic E-state index is 13.1. The Balaban J connectivity index is 2.16. The van der Waals surface area contributed by atoms with Crippen LogP contribution in [0.15, 0.2) is 27.2 Å². The fourth-order valence-electron chi connectivity index (χ4n) is 1.41. The standard InChI is InChI=1S/C12H10BrFN2O3/c1-2-18-11(17)6-10-15-12(16-19-10)7-3-4-9(14)8(13)5-7/h3-5H,2,6H2,1H3. The number of hydrogen-bond donors (Lipinski definition) is 0. The molecule has 0 bridgehead atoms. The Labute approximate surface area is 116 Å². The van der Waals surface area contributed by atoms with Crippen molar-refractivity contribution in [1.29, 1.82) is 0 Å². The number of carbonyl (C=O) groups is 1. The van der Waals surface area contributed by atoms with Crippen LogP contribution < -0.4 is 0 Å². The molecule has 0 unspecified atom stereocenters. The van der Waals surface area contributed by atoms with E-state index in [2.05, 4.69) is 26.1 Å². The van der Waals surface area contributed by atoms with Crippen molar-refractivity contribution in [1.82, 2.24) is 10.1 Å². The number of rotatable bonds is 4. The first-order valence-electron chi connectivity index (χ1n) is 5.53. The molecule has 1 aromatic heterocycles. The predicted octanol–water partition coefficient (Wildman–Crippen LogP) is 2.74. The summed E-state index contributed by atoms with van der Waals surface area (Å²) in [5.41, 5.74) is 0.590. The Morgan fingerprint density at radius 2 is 2.32 bits per heavy atom. The van der Waals surface area contributed by atoms with E-state index >= 15 is 0 Å². The molecule has 19 heavy (non-hydrogen) atoms. The van der Waals surface area contributed by atoms with E-state index < -0.39 is 5.97 Å². The summed E-state index contributed by atoms with van der Waals surface area (Å²) < 4.78 is 23.1. The monoisotopic (exact) mass is 328 g/mol. The maximum Gasteiger partial charge on any atom is 0.315 e. The zero-order chi connectivity index (χ0) is 13.8. The van der Waals surface area contributed by atoms with Crippen LogP contribution in [0.25, 0.3) is 11.4 Å². The Kier molecular flexibility index (Phi) is 4.26. The molecule has 0 aliphatic heterocycles. The lowest BCUT2D eigenvalue weighted by molar-refractivity contribution is -0.142. The first-order chi connectivity index (χ1) is 9.10. The van der Waals surface area contributed by atoms with E-state index in [-0.39, 0.29) is 18.1 Å². The van der Waals surface area contributed by atoms with Gasteiger partial charge in [-0.1, -0.05) is 5.16 Å². The summed E-state index contributed by atoms with van der Waals surface area (Å²) in [4.78, 5) is 15.3. The highest BCUT2D eigenvalue weighted by Crippen LogP contribution is 2.23. The van der Waals surface area contributed by atoms with Crippen LogP contribution in [-0.2, 0) is 16.0 Å². The highest BCUT2D eigenvalue weighted by molar-refractivity contribution is 9.10. The van der Waals surface area contributed by atoms with Crippen LogP contribution in [0.3, 0.4) is 0 Å². The molecule has 0 spiro atoms. The van der Waals surface area contributed by atoms with Gasteiger partial charge < -0.3 is 9.26 Å². The molecule has 0 saturated heterocycles. The van der Waals surface area contributed by atoms with E-state index in [1.807, 2.05) is 0 Å². The molecule has 0 fully saturated rings. The van der Waals surface area contributed by atoms with Crippen molar-refractivity contribution in [2.45, 2.75) is 13.3 Å². The number of hydrogen-bond acceptors (Lipinski definition) is 5. The number of aromatic nitrogens is 2. The predicted molar refractivity (Wildman–Crippen MR) is 67.7 cm³/mol. The molecule has 100 valence electrons. The molecule has 1 heterocycles. The van der Waals surface area contributed by atoms with Crippen molar-refractivity contribution in [2.75, 3.05) is 6.61 Å². The zero-order valence-corrected chi connectivity index (χ0v) is 11.6. The second-order valence-corrected chi connectivity index (χ2v) is 4.48. The largest absolute Gasteiger partial charge is 0.466 e. The first-order valence-corrected chi connectivity index (χ1v) is 6.33. The van der Waals surface area contributed by atoms with Crippen molar-refractivity contribution in [3.8, 4) is 11.4 Å². The molecule has 0 saturated carbocycles. The minimum Gasteiger partial charge on any atom is -0.466 e. The van der Waals surface area contributed by atoms with Gasteiger partial charge in [-0.2, -0.15) is 4.98 Å². The molecule has 5 nitrogen and oxygen atoms in total. The van der Waals surface area contributed by atoms with E-state index in [0.717, 1.165) is 0 Å². The summed E-state index contributed by atoms with van der Waals surface area (Å²) >= 11 is 3.08. The molecule has 1 aromatic carbocycles. The second kappa shape index (κ2) is 5.92. The fraction of sp³-hybridized carbons (Fsp3) is 0.250. The van der Waals surface area contributed by atoms with E-state index in [1.165, 1.54) is 18.2 Å². The van der Waals surface area contributed by atoms with Gasteiger partial charge in [-0.3, -0.25) is 4.79 Å². The maximum absolute atomic E-state index is 13.1. The number of halogens is 2. The van der Waals surface area contributed by atoms with Crippen LogP contribution in [0.1, 0.15) is 12.8 Å². The minimum atomic E-state index is -0.432. The zero-order valence-electron chi connectivity index (χ0n) is 10.0. The third-order valence-corrected chi connectivity index (χ3v) is 2.85. The molecule has 0 N–H and O–H groups in total. The molecule has 2 aromatic rings. The third kappa shape index (κ3) is 3.37. The van der Waals surface area contributed by atoms with Crippen LogP contribution in [0.4, 0.5) is 4.39 Å². The van der Waals surface area contributed by atoms with Crippen molar-refractivity contribution in [3.05, 3.63) is 34.4 Å². The Hall–Kier alpha value is -1.76. The third-order valence-electron chi connectivity index (χ3n) is 2.25. The van der Waals surface area contributed by atoms with Gasteiger partial charge in [0.2, 0.25) is 11.7 Å². The summed E-state index contributed by atoms with van der Waals surface area (Å²) in [6.45, 7) is 2.01. The van der Waals surface area contributed by atoms with Crippen molar-refractivity contribution < 1.29 is 18.4 Å². The number of esters is 1. The van der Waals surface area contributed by atoms with Crippen LogP contribution in [0.5, 0.6) is 0 Å². The van der Waals surface area contributed by atoms with Gasteiger partial charge in [0.25, 0.3) is 0 Å². The van der Waals surface area contributed by atoms with Gasteiger partial charge in [0.05, 0.1) is 11.1 Å². The van der Waals surface area contributed by atoms with Gasteiger partial charge in [-0.15, -0.1) is 0 Å². The summed E-state index contributed by atoms with van der Waals surface area (Å²) in [6, 6.07) is 4.36. The van der Waals surface area contributed by atoms with Crippen molar-refractivity contribution in [3.63, 3.8) is 0 Å². The van der Waals surface area contributed by atoms with Crippen LogP contribution in [0.2, 0.25) is 0 Å².